The quantitative estimate of drug-likeness (QED) is 0.374. The first-order chi connectivity index (χ1) is 20.0. The SMILES string of the molecule is CC(C)(C)OC(=O)N1CC(Nc2nc(O)c(C(Cc3ccc(C(F)(F)F)cc3C(F)(F)F)=c3ccc4c(c3)C=NN=4)s2)C1. The Morgan fingerprint density at radius 3 is 2.44 bits per heavy atom. The lowest BCUT2D eigenvalue weighted by Crippen LogP contribution is -2.57. The number of thiazole rings is 1. The Hall–Kier alpha value is -4.14. The molecule has 1 amide bonds. The third-order valence-electron chi connectivity index (χ3n) is 6.59. The molecule has 2 aliphatic rings. The lowest BCUT2D eigenvalue weighted by molar-refractivity contribution is -0.143. The molecule has 2 aliphatic heterocycles. The fourth-order valence-corrected chi connectivity index (χ4v) is 5.56. The van der Waals surface area contributed by atoms with E-state index < -0.39 is 53.0 Å². The molecule has 0 saturated carbocycles. The van der Waals surface area contributed by atoms with Gasteiger partial charge in [0, 0.05) is 25.1 Å². The van der Waals surface area contributed by atoms with Gasteiger partial charge in [-0.05, 0) is 61.4 Å². The van der Waals surface area contributed by atoms with E-state index in [-0.39, 0.29) is 27.7 Å². The minimum atomic E-state index is -5.07. The van der Waals surface area contributed by atoms with Crippen molar-refractivity contribution in [3.63, 3.8) is 0 Å². The number of benzene rings is 2. The van der Waals surface area contributed by atoms with Crippen molar-refractivity contribution in [1.29, 1.82) is 0 Å². The maximum absolute atomic E-state index is 14.0. The van der Waals surface area contributed by atoms with Crippen molar-refractivity contribution >= 4 is 34.3 Å². The van der Waals surface area contributed by atoms with Crippen LogP contribution in [0, 0.1) is 0 Å². The molecule has 0 spiro atoms. The van der Waals surface area contributed by atoms with Gasteiger partial charge in [0.15, 0.2) is 5.13 Å². The molecule has 43 heavy (non-hydrogen) atoms. The largest absolute Gasteiger partial charge is 0.492 e. The number of halogens is 6. The number of aromatic nitrogens is 1. The van der Waals surface area contributed by atoms with Crippen LogP contribution in [0.15, 0.2) is 46.6 Å². The molecule has 15 heteroatoms. The second kappa shape index (κ2) is 10.8. The van der Waals surface area contributed by atoms with Crippen molar-refractivity contribution in [3.8, 4) is 5.88 Å². The van der Waals surface area contributed by atoms with Gasteiger partial charge in [-0.2, -0.15) is 41.5 Å². The molecule has 0 bridgehead atoms. The molecule has 5 rings (SSSR count). The van der Waals surface area contributed by atoms with Crippen LogP contribution in [0.5, 0.6) is 5.88 Å². The van der Waals surface area contributed by atoms with Gasteiger partial charge in [-0.15, -0.1) is 0 Å². The minimum absolute atomic E-state index is 0.0910. The third-order valence-corrected chi connectivity index (χ3v) is 7.63. The Morgan fingerprint density at radius 1 is 1.07 bits per heavy atom. The number of hydrogen-bond acceptors (Lipinski definition) is 8. The zero-order chi connectivity index (χ0) is 31.3. The molecular formula is C28H25F6N5O3S. The predicted molar refractivity (Wildman–Crippen MR) is 146 cm³/mol. The third kappa shape index (κ3) is 6.76. The first-order valence-corrected chi connectivity index (χ1v) is 13.8. The van der Waals surface area contributed by atoms with Gasteiger partial charge in [-0.25, -0.2) is 4.79 Å². The van der Waals surface area contributed by atoms with E-state index in [0.29, 0.717) is 35.3 Å². The fourth-order valence-electron chi connectivity index (χ4n) is 4.56. The number of ether oxygens (including phenoxy) is 1. The van der Waals surface area contributed by atoms with Crippen LogP contribution < -0.4 is 15.9 Å². The van der Waals surface area contributed by atoms with Crippen LogP contribution >= 0.6 is 11.3 Å². The van der Waals surface area contributed by atoms with Crippen molar-refractivity contribution in [1.82, 2.24) is 9.88 Å². The van der Waals surface area contributed by atoms with Gasteiger partial charge in [0.25, 0.3) is 0 Å². The number of carbonyl (C=O) groups excluding carboxylic acids is 1. The first-order valence-electron chi connectivity index (χ1n) is 12.9. The molecule has 0 aliphatic carbocycles. The summed E-state index contributed by atoms with van der Waals surface area (Å²) in [5, 5.41) is 22.9. The summed E-state index contributed by atoms with van der Waals surface area (Å²) in [6.45, 7) is 5.85. The van der Waals surface area contributed by atoms with Crippen LogP contribution in [0.25, 0.3) is 5.57 Å². The Kier molecular flexibility index (Phi) is 7.65. The van der Waals surface area contributed by atoms with Gasteiger partial charge >= 0.3 is 18.4 Å². The van der Waals surface area contributed by atoms with E-state index in [1.54, 1.807) is 39.0 Å². The highest BCUT2D eigenvalue weighted by Crippen LogP contribution is 2.40. The average molecular weight is 626 g/mol. The van der Waals surface area contributed by atoms with E-state index in [9.17, 15) is 36.2 Å². The van der Waals surface area contributed by atoms with Crippen molar-refractivity contribution in [2.24, 2.45) is 10.2 Å². The highest BCUT2D eigenvalue weighted by atomic mass is 32.1. The van der Waals surface area contributed by atoms with Crippen LogP contribution in [0.2, 0.25) is 0 Å². The molecular weight excluding hydrogens is 600 g/mol. The summed E-state index contributed by atoms with van der Waals surface area (Å²) in [5.41, 5.74) is -3.14. The van der Waals surface area contributed by atoms with Gasteiger partial charge in [0.05, 0.1) is 33.6 Å². The number of likely N-dealkylation sites (tertiary alicyclic amines) is 1. The Balaban J connectivity index is 1.49. The van der Waals surface area contributed by atoms with Gasteiger partial charge in [-0.1, -0.05) is 23.5 Å². The smallest absolute Gasteiger partial charge is 0.416 e. The maximum Gasteiger partial charge on any atom is 0.416 e. The van der Waals surface area contributed by atoms with E-state index >= 15 is 0 Å². The van der Waals surface area contributed by atoms with Gasteiger partial charge in [0.1, 0.15) is 5.60 Å². The van der Waals surface area contributed by atoms with Crippen molar-refractivity contribution in [2.75, 3.05) is 18.4 Å². The predicted octanol–water partition coefficient (Wildman–Crippen LogP) is 5.33. The molecule has 0 unspecified atom stereocenters. The van der Waals surface area contributed by atoms with E-state index in [1.165, 1.54) is 11.1 Å². The molecule has 0 radical (unpaired) electrons. The number of aromatic hydroxyl groups is 1. The topological polar surface area (TPSA) is 99.4 Å². The minimum Gasteiger partial charge on any atom is -0.492 e. The van der Waals surface area contributed by atoms with E-state index in [1.807, 2.05) is 0 Å². The number of amides is 1. The van der Waals surface area contributed by atoms with Crippen LogP contribution in [0.4, 0.5) is 36.3 Å². The normalized spacial score (nSPS) is 16.0. The standard InChI is InChI=1S/C28H25F6N5O3S/c1-26(2,3)42-25(41)39-12-18(13-39)36-24-37-23(40)22(43-24)19(14-5-7-21-16(8-14)11-35-38-21)9-15-4-6-17(27(29,30)31)10-20(15)28(32,33)34/h4-8,10-11,18,40H,9,12-13H2,1-3H3,(H,36,37). The second-order valence-electron chi connectivity index (χ2n) is 11.0. The van der Waals surface area contributed by atoms with E-state index in [4.69, 9.17) is 4.74 Å². The number of carbonyl (C=O) groups is 1. The summed E-state index contributed by atoms with van der Waals surface area (Å²) in [6.07, 6.45) is -9.52. The number of rotatable bonds is 5. The van der Waals surface area contributed by atoms with Crippen molar-refractivity contribution in [2.45, 2.75) is 51.2 Å². The lowest BCUT2D eigenvalue weighted by atomic mass is 9.94. The summed E-state index contributed by atoms with van der Waals surface area (Å²) < 4.78 is 87.1. The molecule has 1 saturated heterocycles. The summed E-state index contributed by atoms with van der Waals surface area (Å²) >= 11 is 0.971. The average Bonchev–Trinajstić information content (AvgIpc) is 3.47. The molecule has 1 aromatic heterocycles. The number of fused-ring (bicyclic) bond motifs is 1. The van der Waals surface area contributed by atoms with E-state index in [0.717, 1.165) is 17.4 Å². The molecule has 228 valence electrons. The monoisotopic (exact) mass is 625 g/mol. The van der Waals surface area contributed by atoms with Crippen LogP contribution in [-0.2, 0) is 23.5 Å². The lowest BCUT2D eigenvalue weighted by Gasteiger charge is -2.39. The zero-order valence-electron chi connectivity index (χ0n) is 23.0. The van der Waals surface area contributed by atoms with Gasteiger partial charge in [-0.3, -0.25) is 0 Å². The molecule has 3 heterocycles. The van der Waals surface area contributed by atoms with Crippen molar-refractivity contribution < 1.29 is 41.0 Å². The molecule has 3 aromatic rings. The fraction of sp³-hybridized carbons (Fsp3) is 0.357. The number of anilines is 1. The second-order valence-corrected chi connectivity index (χ2v) is 12.0. The maximum atomic E-state index is 14.0. The Bertz CT molecular complexity index is 1720. The summed E-state index contributed by atoms with van der Waals surface area (Å²) in [5.74, 6) is -0.467. The molecule has 0 atom stereocenters. The van der Waals surface area contributed by atoms with Crippen LogP contribution in [0.3, 0.4) is 0 Å². The highest BCUT2D eigenvalue weighted by Gasteiger charge is 2.39. The van der Waals surface area contributed by atoms with Gasteiger partial charge < -0.3 is 20.1 Å². The number of alkyl halides is 6. The molecule has 2 aromatic carbocycles. The van der Waals surface area contributed by atoms with Gasteiger partial charge in [0.2, 0.25) is 5.88 Å². The van der Waals surface area contributed by atoms with E-state index in [2.05, 4.69) is 20.5 Å². The van der Waals surface area contributed by atoms with Crippen molar-refractivity contribution in [3.05, 3.63) is 74.1 Å². The van der Waals surface area contributed by atoms with Crippen LogP contribution in [-0.4, -0.2) is 52.0 Å². The Labute approximate surface area is 245 Å². The molecule has 8 nitrogen and oxygen atoms in total. The summed E-state index contributed by atoms with van der Waals surface area (Å²) in [7, 11) is 0. The van der Waals surface area contributed by atoms with Crippen LogP contribution in [0.1, 0.15) is 47.9 Å². The summed E-state index contributed by atoms with van der Waals surface area (Å²) in [4.78, 5) is 18.0. The number of nitrogens with zero attached hydrogens (tertiary/aromatic N) is 4. The first kappa shape index (κ1) is 30.3. The molecule has 1 fully saturated rings. The molecule has 2 N–H and O–H groups in total. The summed E-state index contributed by atoms with van der Waals surface area (Å²) in [6, 6.07) is 6.08. The zero-order valence-corrected chi connectivity index (χ0v) is 23.8. The number of hydrogen-bond donors (Lipinski definition) is 2. The number of nitrogens with one attached hydrogen (secondary N) is 1. The Morgan fingerprint density at radius 2 is 1.79 bits per heavy atom. The highest BCUT2D eigenvalue weighted by molar-refractivity contribution is 7.17.